The van der Waals surface area contributed by atoms with E-state index in [0.29, 0.717) is 6.54 Å². The molecule has 0 aliphatic carbocycles. The van der Waals surface area contributed by atoms with Crippen LogP contribution in [-0.2, 0) is 19.9 Å². The van der Waals surface area contributed by atoms with Crippen LogP contribution in [0.15, 0.2) is 24.3 Å². The van der Waals surface area contributed by atoms with Gasteiger partial charge in [-0.1, -0.05) is 18.2 Å². The molecule has 0 saturated carbocycles. The highest BCUT2D eigenvalue weighted by atomic mass is 16.5. The lowest BCUT2D eigenvalue weighted by Gasteiger charge is -2.17. The molecule has 25 heavy (non-hydrogen) atoms. The summed E-state index contributed by atoms with van der Waals surface area (Å²) < 4.78 is 7.72. The van der Waals surface area contributed by atoms with Gasteiger partial charge in [0.1, 0.15) is 11.9 Å². The van der Waals surface area contributed by atoms with Crippen LogP contribution in [-0.4, -0.2) is 34.5 Å². The quantitative estimate of drug-likeness (QED) is 0.876. The molecule has 1 aliphatic heterocycles. The predicted molar refractivity (Wildman–Crippen MR) is 96.9 cm³/mol. The highest BCUT2D eigenvalue weighted by Crippen LogP contribution is 2.27. The molecule has 3 rings (SSSR count). The predicted octanol–water partition coefficient (Wildman–Crippen LogP) is 2.27. The number of aromatic nitrogens is 2. The Morgan fingerprint density at radius 1 is 1.40 bits per heavy atom. The Balaban J connectivity index is 1.45. The van der Waals surface area contributed by atoms with Crippen LogP contribution in [0.5, 0.6) is 5.75 Å². The van der Waals surface area contributed by atoms with Gasteiger partial charge in [-0.2, -0.15) is 5.10 Å². The molecule has 2 amide bonds. The molecular weight excluding hydrogens is 316 g/mol. The number of urea groups is 1. The number of aryl methyl sites for hydroxylation is 2. The summed E-state index contributed by atoms with van der Waals surface area (Å²) in [5, 5.41) is 10.3. The van der Waals surface area contributed by atoms with E-state index in [1.165, 1.54) is 11.1 Å². The van der Waals surface area contributed by atoms with Crippen LogP contribution >= 0.6 is 0 Å². The third-order valence-electron chi connectivity index (χ3n) is 4.75. The van der Waals surface area contributed by atoms with Gasteiger partial charge in [-0.3, -0.25) is 4.68 Å². The Kier molecular flexibility index (Phi) is 4.97. The van der Waals surface area contributed by atoms with E-state index in [4.69, 9.17) is 4.74 Å². The summed E-state index contributed by atoms with van der Waals surface area (Å²) in [6, 6.07) is 7.88. The van der Waals surface area contributed by atoms with E-state index in [2.05, 4.69) is 28.7 Å². The first-order chi connectivity index (χ1) is 11.9. The number of carbonyl (C=O) groups is 1. The third-order valence-corrected chi connectivity index (χ3v) is 4.75. The lowest BCUT2D eigenvalue weighted by atomic mass is 10.1. The van der Waals surface area contributed by atoms with Crippen LogP contribution in [0, 0.1) is 13.8 Å². The third kappa shape index (κ3) is 3.95. The van der Waals surface area contributed by atoms with Crippen LogP contribution in [0.1, 0.15) is 29.4 Å². The maximum atomic E-state index is 12.1. The summed E-state index contributed by atoms with van der Waals surface area (Å²) in [4.78, 5) is 12.1. The Bertz CT molecular complexity index is 744. The molecule has 0 unspecified atom stereocenters. The van der Waals surface area contributed by atoms with E-state index in [1.54, 1.807) is 0 Å². The van der Waals surface area contributed by atoms with Crippen molar-refractivity contribution in [2.24, 2.45) is 7.05 Å². The molecule has 0 bridgehead atoms. The van der Waals surface area contributed by atoms with Crippen molar-refractivity contribution in [3.05, 3.63) is 46.8 Å². The smallest absolute Gasteiger partial charge is 0.315 e. The average Bonchev–Trinajstić information content (AvgIpc) is 3.09. The fourth-order valence-electron chi connectivity index (χ4n) is 3.32. The Morgan fingerprint density at radius 2 is 2.16 bits per heavy atom. The number of para-hydroxylation sites is 1. The van der Waals surface area contributed by atoms with E-state index in [0.717, 1.165) is 30.0 Å². The van der Waals surface area contributed by atoms with Crippen LogP contribution < -0.4 is 15.4 Å². The van der Waals surface area contributed by atoms with Gasteiger partial charge < -0.3 is 15.4 Å². The maximum absolute atomic E-state index is 12.1. The Hall–Kier alpha value is -2.50. The molecule has 0 saturated heterocycles. The molecule has 0 radical (unpaired) electrons. The first kappa shape index (κ1) is 17.3. The van der Waals surface area contributed by atoms with Gasteiger partial charge in [0.05, 0.1) is 12.2 Å². The van der Waals surface area contributed by atoms with Gasteiger partial charge in [0.25, 0.3) is 0 Å². The largest absolute Gasteiger partial charge is 0.488 e. The zero-order valence-electron chi connectivity index (χ0n) is 15.3. The van der Waals surface area contributed by atoms with E-state index in [1.807, 2.05) is 43.8 Å². The zero-order valence-corrected chi connectivity index (χ0v) is 15.3. The normalized spacial score (nSPS) is 16.9. The zero-order chi connectivity index (χ0) is 18.0. The van der Waals surface area contributed by atoms with Gasteiger partial charge in [0.2, 0.25) is 0 Å². The standard InChI is InChI=1S/C19H26N4O2/c1-12(9-17-13(2)22-23(4)14(17)3)21-19(24)20-11-16-10-15-7-5-6-8-18(15)25-16/h5-8,12,16H,9-11H2,1-4H3,(H2,20,21,24)/t12-,16-/m0/s1. The van der Waals surface area contributed by atoms with Gasteiger partial charge >= 0.3 is 6.03 Å². The van der Waals surface area contributed by atoms with Crippen LogP contribution in [0.25, 0.3) is 0 Å². The second kappa shape index (κ2) is 7.17. The van der Waals surface area contributed by atoms with Crippen molar-refractivity contribution in [1.82, 2.24) is 20.4 Å². The number of hydrogen-bond acceptors (Lipinski definition) is 3. The highest BCUT2D eigenvalue weighted by molar-refractivity contribution is 5.74. The lowest BCUT2D eigenvalue weighted by Crippen LogP contribution is -2.45. The first-order valence-corrected chi connectivity index (χ1v) is 8.72. The fraction of sp³-hybridized carbons (Fsp3) is 0.474. The molecule has 1 aliphatic rings. The highest BCUT2D eigenvalue weighted by Gasteiger charge is 2.23. The molecule has 134 valence electrons. The molecule has 2 aromatic rings. The number of nitrogens with one attached hydrogen (secondary N) is 2. The van der Waals surface area contributed by atoms with Crippen molar-refractivity contribution in [2.45, 2.75) is 45.8 Å². The van der Waals surface area contributed by atoms with Crippen molar-refractivity contribution < 1.29 is 9.53 Å². The number of benzene rings is 1. The van der Waals surface area contributed by atoms with E-state index < -0.39 is 0 Å². The number of nitrogens with zero attached hydrogens (tertiary/aromatic N) is 2. The number of rotatable bonds is 5. The maximum Gasteiger partial charge on any atom is 0.315 e. The molecular formula is C19H26N4O2. The Labute approximate surface area is 148 Å². The van der Waals surface area contributed by atoms with Crippen molar-refractivity contribution in [2.75, 3.05) is 6.54 Å². The fourth-order valence-corrected chi connectivity index (χ4v) is 3.32. The van der Waals surface area contributed by atoms with Gasteiger partial charge in [-0.15, -0.1) is 0 Å². The topological polar surface area (TPSA) is 68.2 Å². The van der Waals surface area contributed by atoms with Crippen LogP contribution in [0.4, 0.5) is 4.79 Å². The molecule has 2 N–H and O–H groups in total. The summed E-state index contributed by atoms with van der Waals surface area (Å²) in [5.41, 5.74) is 4.56. The van der Waals surface area contributed by atoms with Crippen molar-refractivity contribution in [3.8, 4) is 5.75 Å². The molecule has 0 fully saturated rings. The van der Waals surface area contributed by atoms with Crippen molar-refractivity contribution in [3.63, 3.8) is 0 Å². The number of ether oxygens (including phenoxy) is 1. The molecule has 1 aromatic heterocycles. The summed E-state index contributed by atoms with van der Waals surface area (Å²) in [6.45, 7) is 6.56. The first-order valence-electron chi connectivity index (χ1n) is 8.72. The number of hydrogen-bond donors (Lipinski definition) is 2. The minimum Gasteiger partial charge on any atom is -0.488 e. The van der Waals surface area contributed by atoms with E-state index in [-0.39, 0.29) is 18.2 Å². The summed E-state index contributed by atoms with van der Waals surface area (Å²) >= 11 is 0. The SMILES string of the molecule is Cc1nn(C)c(C)c1C[C@H](C)NC(=O)NC[C@@H]1Cc2ccccc2O1. The summed E-state index contributed by atoms with van der Waals surface area (Å²) in [5.74, 6) is 0.922. The van der Waals surface area contributed by atoms with Crippen molar-refractivity contribution in [1.29, 1.82) is 0 Å². The number of fused-ring (bicyclic) bond motifs is 1. The summed E-state index contributed by atoms with van der Waals surface area (Å²) in [6.07, 6.45) is 1.60. The van der Waals surface area contributed by atoms with Gasteiger partial charge in [0.15, 0.2) is 0 Å². The van der Waals surface area contributed by atoms with Crippen LogP contribution in [0.2, 0.25) is 0 Å². The molecule has 6 nitrogen and oxygen atoms in total. The molecule has 0 spiro atoms. The summed E-state index contributed by atoms with van der Waals surface area (Å²) in [7, 11) is 1.94. The second-order valence-electron chi connectivity index (χ2n) is 6.78. The molecule has 2 heterocycles. The average molecular weight is 342 g/mol. The van der Waals surface area contributed by atoms with Gasteiger partial charge in [0, 0.05) is 25.2 Å². The molecule has 1 aromatic carbocycles. The minimum absolute atomic E-state index is 0.00117. The van der Waals surface area contributed by atoms with Gasteiger partial charge in [-0.05, 0) is 44.4 Å². The monoisotopic (exact) mass is 342 g/mol. The molecule has 2 atom stereocenters. The number of carbonyl (C=O) groups excluding carboxylic acids is 1. The molecule has 6 heteroatoms. The number of amides is 2. The Morgan fingerprint density at radius 3 is 2.84 bits per heavy atom. The van der Waals surface area contributed by atoms with Gasteiger partial charge in [-0.25, -0.2) is 4.79 Å². The minimum atomic E-state index is -0.161. The lowest BCUT2D eigenvalue weighted by molar-refractivity contribution is 0.212. The van der Waals surface area contributed by atoms with E-state index >= 15 is 0 Å². The second-order valence-corrected chi connectivity index (χ2v) is 6.78. The van der Waals surface area contributed by atoms with Crippen LogP contribution in [0.3, 0.4) is 0 Å². The van der Waals surface area contributed by atoms with Crippen molar-refractivity contribution >= 4 is 6.03 Å². The van der Waals surface area contributed by atoms with E-state index in [9.17, 15) is 4.79 Å².